The summed E-state index contributed by atoms with van der Waals surface area (Å²) in [7, 11) is -5.81. The van der Waals surface area contributed by atoms with Gasteiger partial charge in [-0.15, -0.1) is 0 Å². The minimum absolute atomic E-state index is 0.0412. The number of aliphatic carboxylic acids is 1. The van der Waals surface area contributed by atoms with Gasteiger partial charge in [0.15, 0.2) is 14.7 Å². The van der Waals surface area contributed by atoms with E-state index >= 15 is 0 Å². The van der Waals surface area contributed by atoms with Gasteiger partial charge < -0.3 is 30.3 Å². The van der Waals surface area contributed by atoms with Crippen LogP contribution in [0.4, 0.5) is 0 Å². The molecule has 0 aliphatic rings. The molecule has 0 aromatic heterocycles. The summed E-state index contributed by atoms with van der Waals surface area (Å²) >= 11 is 0. The molecule has 0 heterocycles. The molecular formula is C16H34N2O9P2. The molecule has 0 radical (unpaired) electrons. The summed E-state index contributed by atoms with van der Waals surface area (Å²) in [6.45, 7) is 8.07. The molecule has 0 spiro atoms. The Hall–Kier alpha value is -1.25. The first-order valence-electron chi connectivity index (χ1n) is 9.07. The van der Waals surface area contributed by atoms with Crippen molar-refractivity contribution in [2.75, 3.05) is 38.9 Å². The maximum atomic E-state index is 11.9. The van der Waals surface area contributed by atoms with Crippen LogP contribution < -0.4 is 11.1 Å². The first-order valence-corrected chi connectivity index (χ1v) is 13.6. The van der Waals surface area contributed by atoms with Gasteiger partial charge in [-0.3, -0.25) is 18.7 Å². The van der Waals surface area contributed by atoms with E-state index in [1.54, 1.807) is 13.8 Å². The van der Waals surface area contributed by atoms with Crippen LogP contribution in [-0.4, -0.2) is 78.8 Å². The summed E-state index contributed by atoms with van der Waals surface area (Å²) < 4.78 is 32.5. The van der Waals surface area contributed by atoms with E-state index in [0.29, 0.717) is 6.61 Å². The van der Waals surface area contributed by atoms with Crippen molar-refractivity contribution in [2.24, 2.45) is 5.73 Å². The molecule has 5 N–H and O–H groups in total. The fourth-order valence-electron chi connectivity index (χ4n) is 1.94. The highest BCUT2D eigenvalue weighted by molar-refractivity contribution is 7.58. The van der Waals surface area contributed by atoms with Crippen LogP contribution in [0.3, 0.4) is 0 Å². The number of hydrogen-bond donors (Lipinski definition) is 4. The zero-order valence-electron chi connectivity index (χ0n) is 17.6. The smallest absolute Gasteiger partial charge is 0.328 e. The third-order valence-corrected chi connectivity index (χ3v) is 6.31. The summed E-state index contributed by atoms with van der Waals surface area (Å²) in [5.74, 6) is -1.97. The lowest BCUT2D eigenvalue weighted by Crippen LogP contribution is -2.41. The molecule has 0 saturated heterocycles. The number of carboxylic acid groups (broad SMARTS) is 1. The zero-order chi connectivity index (χ0) is 23.3. The molecule has 0 rings (SSSR count). The van der Waals surface area contributed by atoms with Gasteiger partial charge in [-0.1, -0.05) is 0 Å². The van der Waals surface area contributed by atoms with Gasteiger partial charge in [0.05, 0.1) is 13.2 Å². The molecule has 2 unspecified atom stereocenters. The van der Waals surface area contributed by atoms with Crippen molar-refractivity contribution < 1.29 is 42.8 Å². The van der Waals surface area contributed by atoms with E-state index in [2.05, 4.69) is 5.32 Å². The Morgan fingerprint density at radius 1 is 1.07 bits per heavy atom. The van der Waals surface area contributed by atoms with Crippen molar-refractivity contribution in [2.45, 2.75) is 45.7 Å². The van der Waals surface area contributed by atoms with Crippen LogP contribution in [0.5, 0.6) is 0 Å². The van der Waals surface area contributed by atoms with Crippen LogP contribution in [0.15, 0.2) is 0 Å². The van der Waals surface area contributed by atoms with Crippen LogP contribution in [0, 0.1) is 0 Å². The fourth-order valence-corrected chi connectivity index (χ4v) is 4.10. The number of nitrogens with two attached hydrogens (primary N) is 1. The minimum atomic E-state index is -3.10. The quantitative estimate of drug-likeness (QED) is 0.243. The number of carbonyl (C=O) groups excluding carboxylic acids is 2. The minimum Gasteiger partial charge on any atom is -0.480 e. The third-order valence-electron chi connectivity index (χ3n) is 3.35. The molecule has 0 saturated carbocycles. The highest BCUT2D eigenvalue weighted by Crippen LogP contribution is 2.43. The molecule has 11 nitrogen and oxygen atoms in total. The van der Waals surface area contributed by atoms with E-state index in [-0.39, 0.29) is 37.7 Å². The molecule has 172 valence electrons. The summed E-state index contributed by atoms with van der Waals surface area (Å²) in [5, 5.41) is 10.8. The lowest BCUT2D eigenvalue weighted by Gasteiger charge is -2.18. The van der Waals surface area contributed by atoms with Gasteiger partial charge in [0.25, 0.3) is 0 Å². The Morgan fingerprint density at radius 2 is 1.62 bits per heavy atom. The average Bonchev–Trinajstić information content (AvgIpc) is 2.56. The molecule has 0 fully saturated rings. The average molecular weight is 460 g/mol. The van der Waals surface area contributed by atoms with E-state index in [4.69, 9.17) is 25.0 Å². The van der Waals surface area contributed by atoms with Gasteiger partial charge in [-0.2, -0.15) is 0 Å². The van der Waals surface area contributed by atoms with Crippen molar-refractivity contribution in [3.63, 3.8) is 0 Å². The van der Waals surface area contributed by atoms with Crippen molar-refractivity contribution in [3.8, 4) is 0 Å². The predicted octanol–water partition coefficient (Wildman–Crippen LogP) is 1.08. The van der Waals surface area contributed by atoms with E-state index < -0.39 is 38.8 Å². The number of amides is 1. The molecule has 0 aromatic rings. The second-order valence-electron chi connectivity index (χ2n) is 6.46. The Balaban J connectivity index is 0. The van der Waals surface area contributed by atoms with Gasteiger partial charge in [0.1, 0.15) is 12.1 Å². The summed E-state index contributed by atoms with van der Waals surface area (Å²) in [6, 6.07) is -1.80. The normalized spacial score (nSPS) is 16.8. The van der Waals surface area contributed by atoms with Crippen LogP contribution in [0.2, 0.25) is 0 Å². The van der Waals surface area contributed by atoms with Gasteiger partial charge in [0, 0.05) is 32.6 Å². The second-order valence-corrected chi connectivity index (χ2v) is 11.7. The van der Waals surface area contributed by atoms with Crippen LogP contribution >= 0.6 is 14.7 Å². The van der Waals surface area contributed by atoms with Gasteiger partial charge in [-0.05, 0) is 26.7 Å². The SMILES string of the molecule is CCOC(=O)[C@H](CCP(C)(=O)OCC)NC(C)=O.CP(=O)(O)CC[C@H](N)C(=O)O. The van der Waals surface area contributed by atoms with Gasteiger partial charge >= 0.3 is 11.9 Å². The monoisotopic (exact) mass is 460 g/mol. The van der Waals surface area contributed by atoms with Gasteiger partial charge in [-0.25, -0.2) is 4.79 Å². The maximum absolute atomic E-state index is 11.9. The summed E-state index contributed by atoms with van der Waals surface area (Å²) in [6.07, 6.45) is 0.469. The maximum Gasteiger partial charge on any atom is 0.328 e. The Bertz CT molecular complexity index is 622. The molecule has 0 bridgehead atoms. The van der Waals surface area contributed by atoms with Crippen molar-refractivity contribution in [1.82, 2.24) is 5.32 Å². The number of rotatable bonds is 12. The predicted molar refractivity (Wildman–Crippen MR) is 110 cm³/mol. The molecule has 1 amide bonds. The Morgan fingerprint density at radius 3 is 2.00 bits per heavy atom. The highest BCUT2D eigenvalue weighted by Gasteiger charge is 2.25. The molecule has 13 heteroatoms. The standard InChI is InChI=1S/C11H22NO5P.C5H12NO4P/c1-5-16-11(14)10(12-9(3)13)7-8-18(4,15)17-6-2;1-11(9,10)3-2-4(6)5(7)8/h10H,5-8H2,1-4H3,(H,12,13);4H,2-3,6H2,1H3,(H,7,8)(H,9,10)/t10-,18?;4-/m00/s1. The fraction of sp³-hybridized carbons (Fsp3) is 0.812. The van der Waals surface area contributed by atoms with Crippen LogP contribution in [0.1, 0.15) is 33.6 Å². The van der Waals surface area contributed by atoms with E-state index in [0.717, 1.165) is 0 Å². The largest absolute Gasteiger partial charge is 0.480 e. The Kier molecular flexibility index (Phi) is 15.2. The molecule has 0 aliphatic heterocycles. The van der Waals surface area contributed by atoms with E-state index in [9.17, 15) is 23.5 Å². The number of carboxylic acids is 1. The first kappa shape index (κ1) is 29.9. The molecule has 0 aliphatic carbocycles. The van der Waals surface area contributed by atoms with Gasteiger partial charge in [0.2, 0.25) is 5.91 Å². The lowest BCUT2D eigenvalue weighted by molar-refractivity contribution is -0.147. The number of hydrogen-bond acceptors (Lipinski definition) is 8. The number of nitrogens with one attached hydrogen (secondary N) is 1. The van der Waals surface area contributed by atoms with Crippen LogP contribution in [-0.2, 0) is 32.8 Å². The number of ether oxygens (including phenoxy) is 1. The Labute approximate surface area is 171 Å². The summed E-state index contributed by atoms with van der Waals surface area (Å²) in [4.78, 5) is 41.5. The number of carbonyl (C=O) groups is 3. The first-order chi connectivity index (χ1) is 13.1. The highest BCUT2D eigenvalue weighted by atomic mass is 31.2. The third kappa shape index (κ3) is 18.5. The van der Waals surface area contributed by atoms with Crippen molar-refractivity contribution >= 4 is 32.6 Å². The second kappa shape index (κ2) is 14.7. The summed E-state index contributed by atoms with van der Waals surface area (Å²) in [5.41, 5.74) is 5.09. The van der Waals surface area contributed by atoms with Crippen molar-refractivity contribution in [3.05, 3.63) is 0 Å². The molecule has 29 heavy (non-hydrogen) atoms. The number of esters is 1. The van der Waals surface area contributed by atoms with Crippen LogP contribution in [0.25, 0.3) is 0 Å². The van der Waals surface area contributed by atoms with Crippen molar-refractivity contribution in [1.29, 1.82) is 0 Å². The zero-order valence-corrected chi connectivity index (χ0v) is 19.4. The molecule has 0 aromatic carbocycles. The van der Waals surface area contributed by atoms with E-state index in [1.807, 2.05) is 0 Å². The van der Waals surface area contributed by atoms with E-state index in [1.165, 1.54) is 20.3 Å². The molecular weight excluding hydrogens is 426 g/mol. The molecule has 4 atom stereocenters. The topological polar surface area (TPSA) is 182 Å². The lowest BCUT2D eigenvalue weighted by atomic mass is 10.2.